The number of amides is 1. The van der Waals surface area contributed by atoms with Gasteiger partial charge in [-0.15, -0.1) is 0 Å². The first-order chi connectivity index (χ1) is 8.16. The molecule has 0 aliphatic rings. The molecule has 0 saturated heterocycles. The van der Waals surface area contributed by atoms with E-state index >= 15 is 0 Å². The first kappa shape index (κ1) is 11.4. The van der Waals surface area contributed by atoms with E-state index in [1.165, 1.54) is 0 Å². The van der Waals surface area contributed by atoms with Gasteiger partial charge < -0.3 is 4.98 Å². The SMILES string of the molecule is CC(C)=NNC(=O)Cc1c[nH]c2ccccc12. The predicted octanol–water partition coefficient (Wildman–Crippen LogP) is 2.22. The summed E-state index contributed by atoms with van der Waals surface area (Å²) >= 11 is 0. The lowest BCUT2D eigenvalue weighted by Gasteiger charge is -1.99. The predicted molar refractivity (Wildman–Crippen MR) is 68.9 cm³/mol. The molecular weight excluding hydrogens is 214 g/mol. The van der Waals surface area contributed by atoms with E-state index in [4.69, 9.17) is 0 Å². The van der Waals surface area contributed by atoms with Crippen LogP contribution in [0.2, 0.25) is 0 Å². The van der Waals surface area contributed by atoms with Crippen LogP contribution in [0.4, 0.5) is 0 Å². The van der Waals surface area contributed by atoms with Crippen molar-refractivity contribution in [2.45, 2.75) is 20.3 Å². The Morgan fingerprint density at radius 2 is 2.12 bits per heavy atom. The van der Waals surface area contributed by atoms with Crippen molar-refractivity contribution in [3.05, 3.63) is 36.0 Å². The summed E-state index contributed by atoms with van der Waals surface area (Å²) in [5.41, 5.74) is 5.39. The molecule has 17 heavy (non-hydrogen) atoms. The van der Waals surface area contributed by atoms with E-state index < -0.39 is 0 Å². The molecule has 4 heteroatoms. The van der Waals surface area contributed by atoms with Crippen molar-refractivity contribution in [3.8, 4) is 0 Å². The summed E-state index contributed by atoms with van der Waals surface area (Å²) < 4.78 is 0. The van der Waals surface area contributed by atoms with Crippen LogP contribution in [0.3, 0.4) is 0 Å². The number of hydrogen-bond acceptors (Lipinski definition) is 2. The molecule has 2 N–H and O–H groups in total. The molecule has 0 aliphatic heterocycles. The Hall–Kier alpha value is -2.10. The second kappa shape index (κ2) is 4.82. The Morgan fingerprint density at radius 3 is 2.88 bits per heavy atom. The van der Waals surface area contributed by atoms with Gasteiger partial charge in [-0.3, -0.25) is 4.79 Å². The number of fused-ring (bicyclic) bond motifs is 1. The van der Waals surface area contributed by atoms with Crippen molar-refractivity contribution in [1.82, 2.24) is 10.4 Å². The fourth-order valence-electron chi connectivity index (χ4n) is 1.66. The monoisotopic (exact) mass is 229 g/mol. The molecule has 2 aromatic rings. The lowest BCUT2D eigenvalue weighted by atomic mass is 10.1. The quantitative estimate of drug-likeness (QED) is 0.615. The van der Waals surface area contributed by atoms with Crippen LogP contribution in [0, 0.1) is 0 Å². The lowest BCUT2D eigenvalue weighted by molar-refractivity contribution is -0.120. The fraction of sp³-hybridized carbons (Fsp3) is 0.231. The Morgan fingerprint density at radius 1 is 1.35 bits per heavy atom. The van der Waals surface area contributed by atoms with Crippen LogP contribution in [0.5, 0.6) is 0 Å². The molecule has 2 rings (SSSR count). The highest BCUT2D eigenvalue weighted by molar-refractivity contribution is 5.89. The fourth-order valence-corrected chi connectivity index (χ4v) is 1.66. The highest BCUT2D eigenvalue weighted by Gasteiger charge is 2.07. The highest BCUT2D eigenvalue weighted by atomic mass is 16.2. The summed E-state index contributed by atoms with van der Waals surface area (Å²) in [6.07, 6.45) is 2.20. The first-order valence-electron chi connectivity index (χ1n) is 5.51. The first-order valence-corrected chi connectivity index (χ1v) is 5.51. The number of aromatic nitrogens is 1. The summed E-state index contributed by atoms with van der Waals surface area (Å²) in [7, 11) is 0. The molecule has 0 bridgehead atoms. The molecule has 0 fully saturated rings. The van der Waals surface area contributed by atoms with E-state index in [-0.39, 0.29) is 5.91 Å². The molecule has 0 aliphatic carbocycles. The molecule has 0 unspecified atom stereocenters. The van der Waals surface area contributed by atoms with Gasteiger partial charge in [0, 0.05) is 22.8 Å². The molecule has 88 valence electrons. The zero-order valence-corrected chi connectivity index (χ0v) is 9.95. The molecule has 0 atom stereocenters. The Balaban J connectivity index is 2.13. The minimum atomic E-state index is -0.101. The number of hydrogen-bond donors (Lipinski definition) is 2. The third kappa shape index (κ3) is 2.72. The Labute approximate surface area is 99.7 Å². The van der Waals surface area contributed by atoms with Crippen LogP contribution in [0.25, 0.3) is 10.9 Å². The van der Waals surface area contributed by atoms with Gasteiger partial charge in [0.1, 0.15) is 0 Å². The van der Waals surface area contributed by atoms with Crippen LogP contribution in [-0.2, 0) is 11.2 Å². The number of rotatable bonds is 3. The summed E-state index contributed by atoms with van der Waals surface area (Å²) in [6.45, 7) is 3.68. The zero-order chi connectivity index (χ0) is 12.3. The maximum atomic E-state index is 11.6. The number of hydrazone groups is 1. The van der Waals surface area contributed by atoms with Gasteiger partial charge in [0.2, 0.25) is 5.91 Å². The molecule has 0 spiro atoms. The van der Waals surface area contributed by atoms with Gasteiger partial charge in [0.15, 0.2) is 0 Å². The second-order valence-electron chi connectivity index (χ2n) is 4.13. The number of aromatic amines is 1. The third-order valence-electron chi connectivity index (χ3n) is 2.43. The number of nitrogens with one attached hydrogen (secondary N) is 2. The van der Waals surface area contributed by atoms with Gasteiger partial charge >= 0.3 is 0 Å². The molecule has 0 saturated carbocycles. The molecular formula is C13H15N3O. The van der Waals surface area contributed by atoms with Crippen molar-refractivity contribution in [2.24, 2.45) is 5.10 Å². The molecule has 1 aromatic carbocycles. The van der Waals surface area contributed by atoms with Gasteiger partial charge in [0.25, 0.3) is 0 Å². The summed E-state index contributed by atoms with van der Waals surface area (Å²) in [5, 5.41) is 4.98. The largest absolute Gasteiger partial charge is 0.361 e. The summed E-state index contributed by atoms with van der Waals surface area (Å²) in [6, 6.07) is 7.92. The minimum absolute atomic E-state index is 0.101. The van der Waals surface area contributed by atoms with E-state index in [0.29, 0.717) is 6.42 Å². The third-order valence-corrected chi connectivity index (χ3v) is 2.43. The van der Waals surface area contributed by atoms with Crippen molar-refractivity contribution < 1.29 is 4.79 Å². The van der Waals surface area contributed by atoms with Crippen LogP contribution < -0.4 is 5.43 Å². The molecule has 4 nitrogen and oxygen atoms in total. The number of nitrogens with zero attached hydrogens (tertiary/aromatic N) is 1. The van der Waals surface area contributed by atoms with Crippen molar-refractivity contribution >= 4 is 22.5 Å². The van der Waals surface area contributed by atoms with Crippen LogP contribution in [0.15, 0.2) is 35.6 Å². The molecule has 0 radical (unpaired) electrons. The van der Waals surface area contributed by atoms with Crippen molar-refractivity contribution in [1.29, 1.82) is 0 Å². The molecule has 1 aromatic heterocycles. The minimum Gasteiger partial charge on any atom is -0.361 e. The maximum Gasteiger partial charge on any atom is 0.244 e. The highest BCUT2D eigenvalue weighted by Crippen LogP contribution is 2.17. The smallest absolute Gasteiger partial charge is 0.244 e. The average Bonchev–Trinajstić information content (AvgIpc) is 2.70. The van der Waals surface area contributed by atoms with E-state index in [0.717, 1.165) is 22.2 Å². The van der Waals surface area contributed by atoms with E-state index in [1.54, 1.807) is 0 Å². The number of carbonyl (C=O) groups excluding carboxylic acids is 1. The Kier molecular flexibility index (Phi) is 3.23. The number of H-pyrrole nitrogens is 1. The summed E-state index contributed by atoms with van der Waals surface area (Å²) in [5.74, 6) is -0.101. The maximum absolute atomic E-state index is 11.6. The average molecular weight is 229 g/mol. The number of carbonyl (C=O) groups is 1. The van der Waals surface area contributed by atoms with E-state index in [9.17, 15) is 4.79 Å². The standard InChI is InChI=1S/C13H15N3O/c1-9(2)15-16-13(17)7-10-8-14-12-6-4-3-5-11(10)12/h3-6,8,14H,7H2,1-2H3,(H,16,17). The summed E-state index contributed by atoms with van der Waals surface area (Å²) in [4.78, 5) is 14.8. The van der Waals surface area contributed by atoms with Crippen molar-refractivity contribution in [2.75, 3.05) is 0 Å². The molecule has 1 heterocycles. The van der Waals surface area contributed by atoms with E-state index in [1.807, 2.05) is 44.3 Å². The van der Waals surface area contributed by atoms with E-state index in [2.05, 4.69) is 15.5 Å². The van der Waals surface area contributed by atoms with Gasteiger partial charge in [-0.1, -0.05) is 18.2 Å². The topological polar surface area (TPSA) is 57.2 Å². The number of para-hydroxylation sites is 1. The van der Waals surface area contributed by atoms with Crippen molar-refractivity contribution in [3.63, 3.8) is 0 Å². The molecule has 1 amide bonds. The van der Waals surface area contributed by atoms with Crippen LogP contribution in [0.1, 0.15) is 19.4 Å². The van der Waals surface area contributed by atoms with Gasteiger partial charge in [-0.2, -0.15) is 5.10 Å². The van der Waals surface area contributed by atoms with Gasteiger partial charge in [-0.25, -0.2) is 5.43 Å². The normalized spacial score (nSPS) is 10.2. The van der Waals surface area contributed by atoms with Gasteiger partial charge in [0.05, 0.1) is 6.42 Å². The Bertz CT molecular complexity index is 565. The van der Waals surface area contributed by atoms with Gasteiger partial charge in [-0.05, 0) is 25.5 Å². The van der Waals surface area contributed by atoms with Crippen LogP contribution in [-0.4, -0.2) is 16.6 Å². The number of benzene rings is 1. The van der Waals surface area contributed by atoms with Crippen LogP contribution >= 0.6 is 0 Å². The zero-order valence-electron chi connectivity index (χ0n) is 9.95. The second-order valence-corrected chi connectivity index (χ2v) is 4.13. The lowest BCUT2D eigenvalue weighted by Crippen LogP contribution is -2.20.